The van der Waals surface area contributed by atoms with Crippen LogP contribution in [0.15, 0.2) is 24.3 Å². The van der Waals surface area contributed by atoms with E-state index < -0.39 is 0 Å². The Labute approximate surface area is 146 Å². The van der Waals surface area contributed by atoms with Crippen LogP contribution in [0, 0.1) is 6.92 Å². The molecule has 3 rings (SSSR count). The number of hydrogen-bond acceptors (Lipinski definition) is 3. The summed E-state index contributed by atoms with van der Waals surface area (Å²) in [6, 6.07) is 9.30. The Morgan fingerprint density at radius 2 is 1.79 bits per heavy atom. The van der Waals surface area contributed by atoms with Gasteiger partial charge in [0.05, 0.1) is 6.04 Å². The summed E-state index contributed by atoms with van der Waals surface area (Å²) in [6.07, 6.45) is 7.75. The number of nitrogens with zero attached hydrogens (tertiary/aromatic N) is 1. The van der Waals surface area contributed by atoms with Crippen molar-refractivity contribution in [2.75, 3.05) is 18.4 Å². The summed E-state index contributed by atoms with van der Waals surface area (Å²) in [5.74, 6) is 0.0998. The van der Waals surface area contributed by atoms with Crippen LogP contribution in [0.3, 0.4) is 0 Å². The lowest BCUT2D eigenvalue weighted by Crippen LogP contribution is -2.50. The average molecular weight is 329 g/mol. The standard InChI is InChI=1S/C20H31N3O/c1-15-6-5-9-19(14-15)22-20(24)16(2)23-12-10-18(11-13-23)21-17-7-3-4-8-17/h5-6,9,14,16-18,21H,3-4,7-8,10-13H2,1-2H3,(H,22,24)/t16-/m1/s1. The summed E-state index contributed by atoms with van der Waals surface area (Å²) in [7, 11) is 0. The van der Waals surface area contributed by atoms with Crippen molar-refractivity contribution in [3.8, 4) is 0 Å². The van der Waals surface area contributed by atoms with Gasteiger partial charge in [-0.3, -0.25) is 9.69 Å². The highest BCUT2D eigenvalue weighted by Gasteiger charge is 2.28. The third kappa shape index (κ3) is 4.58. The molecule has 1 heterocycles. The van der Waals surface area contributed by atoms with Gasteiger partial charge in [-0.2, -0.15) is 0 Å². The highest BCUT2D eigenvalue weighted by molar-refractivity contribution is 5.94. The van der Waals surface area contributed by atoms with Crippen molar-refractivity contribution in [2.45, 2.75) is 70.5 Å². The van der Waals surface area contributed by atoms with E-state index in [-0.39, 0.29) is 11.9 Å². The van der Waals surface area contributed by atoms with Gasteiger partial charge in [0.1, 0.15) is 0 Å². The number of rotatable bonds is 5. The molecule has 0 radical (unpaired) electrons. The van der Waals surface area contributed by atoms with E-state index in [0.717, 1.165) is 37.7 Å². The minimum absolute atomic E-state index is 0.0713. The Balaban J connectivity index is 1.45. The van der Waals surface area contributed by atoms with E-state index in [9.17, 15) is 4.79 Å². The first-order chi connectivity index (χ1) is 11.6. The van der Waals surface area contributed by atoms with Crippen LogP contribution in [0.25, 0.3) is 0 Å². The van der Waals surface area contributed by atoms with Crippen LogP contribution in [0.1, 0.15) is 51.0 Å². The molecule has 2 fully saturated rings. The first kappa shape index (κ1) is 17.4. The Kier molecular flexibility index (Phi) is 5.90. The van der Waals surface area contributed by atoms with Crippen LogP contribution in [0.4, 0.5) is 5.69 Å². The zero-order valence-electron chi connectivity index (χ0n) is 15.1. The number of anilines is 1. The molecule has 132 valence electrons. The summed E-state index contributed by atoms with van der Waals surface area (Å²) in [4.78, 5) is 14.8. The quantitative estimate of drug-likeness (QED) is 0.871. The molecule has 0 aromatic heterocycles. The predicted octanol–water partition coefficient (Wildman–Crippen LogP) is 3.32. The van der Waals surface area contributed by atoms with E-state index in [0.29, 0.717) is 6.04 Å². The van der Waals surface area contributed by atoms with Gasteiger partial charge < -0.3 is 10.6 Å². The molecule has 1 aromatic rings. The Hall–Kier alpha value is -1.39. The molecule has 2 aliphatic rings. The van der Waals surface area contributed by atoms with Gasteiger partial charge >= 0.3 is 0 Å². The van der Waals surface area contributed by atoms with Crippen LogP contribution < -0.4 is 10.6 Å². The summed E-state index contributed by atoms with van der Waals surface area (Å²) in [5, 5.41) is 6.88. The second kappa shape index (κ2) is 8.13. The molecule has 24 heavy (non-hydrogen) atoms. The number of nitrogens with one attached hydrogen (secondary N) is 2. The third-order valence-corrected chi connectivity index (χ3v) is 5.57. The van der Waals surface area contributed by atoms with Crippen molar-refractivity contribution in [1.82, 2.24) is 10.2 Å². The summed E-state index contributed by atoms with van der Waals surface area (Å²) in [5.41, 5.74) is 2.06. The molecule has 0 bridgehead atoms. The number of carbonyl (C=O) groups excluding carboxylic acids is 1. The van der Waals surface area contributed by atoms with Crippen molar-refractivity contribution in [3.63, 3.8) is 0 Å². The fraction of sp³-hybridized carbons (Fsp3) is 0.650. The zero-order chi connectivity index (χ0) is 16.9. The maximum Gasteiger partial charge on any atom is 0.241 e. The minimum Gasteiger partial charge on any atom is -0.325 e. The monoisotopic (exact) mass is 329 g/mol. The van der Waals surface area contributed by atoms with Gasteiger partial charge in [0.25, 0.3) is 0 Å². The molecule has 1 saturated heterocycles. The van der Waals surface area contributed by atoms with E-state index >= 15 is 0 Å². The van der Waals surface area contributed by atoms with E-state index in [4.69, 9.17) is 0 Å². The third-order valence-electron chi connectivity index (χ3n) is 5.57. The van der Waals surface area contributed by atoms with Gasteiger partial charge in [-0.25, -0.2) is 0 Å². The predicted molar refractivity (Wildman–Crippen MR) is 99.3 cm³/mol. The van der Waals surface area contributed by atoms with E-state index in [1.807, 2.05) is 38.1 Å². The Bertz CT molecular complexity index is 546. The van der Waals surface area contributed by atoms with E-state index in [1.54, 1.807) is 0 Å². The number of carbonyl (C=O) groups is 1. The van der Waals surface area contributed by atoms with Gasteiger partial charge in [-0.1, -0.05) is 25.0 Å². The second-order valence-corrected chi connectivity index (χ2v) is 7.49. The highest BCUT2D eigenvalue weighted by Crippen LogP contribution is 2.21. The van der Waals surface area contributed by atoms with Crippen LogP contribution >= 0.6 is 0 Å². The number of piperidine rings is 1. The topological polar surface area (TPSA) is 44.4 Å². The first-order valence-corrected chi connectivity index (χ1v) is 9.49. The largest absolute Gasteiger partial charge is 0.325 e. The van der Waals surface area contributed by atoms with Gasteiger partial charge in [-0.15, -0.1) is 0 Å². The molecule has 0 unspecified atom stereocenters. The van der Waals surface area contributed by atoms with Gasteiger partial charge in [0.15, 0.2) is 0 Å². The van der Waals surface area contributed by atoms with Crippen LogP contribution in [-0.2, 0) is 4.79 Å². The van der Waals surface area contributed by atoms with Gasteiger partial charge in [0.2, 0.25) is 5.91 Å². The minimum atomic E-state index is -0.0713. The van der Waals surface area contributed by atoms with Gasteiger partial charge in [-0.05, 0) is 57.2 Å². The number of amides is 1. The second-order valence-electron chi connectivity index (χ2n) is 7.49. The van der Waals surface area contributed by atoms with Crippen molar-refractivity contribution < 1.29 is 4.79 Å². The molecule has 1 aromatic carbocycles. The molecule has 4 nitrogen and oxygen atoms in total. The van der Waals surface area contributed by atoms with Crippen LogP contribution in [-0.4, -0.2) is 42.0 Å². The van der Waals surface area contributed by atoms with Gasteiger partial charge in [0, 0.05) is 30.9 Å². The van der Waals surface area contributed by atoms with E-state index in [2.05, 4.69) is 15.5 Å². The number of hydrogen-bond donors (Lipinski definition) is 2. The average Bonchev–Trinajstić information content (AvgIpc) is 3.08. The molecule has 0 spiro atoms. The molecule has 1 aliphatic heterocycles. The summed E-state index contributed by atoms with van der Waals surface area (Å²) < 4.78 is 0. The maximum atomic E-state index is 12.5. The Morgan fingerprint density at radius 3 is 2.46 bits per heavy atom. The molecule has 4 heteroatoms. The molecule has 2 N–H and O–H groups in total. The van der Waals surface area contributed by atoms with Crippen molar-refractivity contribution in [3.05, 3.63) is 29.8 Å². The molecule has 1 amide bonds. The van der Waals surface area contributed by atoms with Crippen LogP contribution in [0.5, 0.6) is 0 Å². The first-order valence-electron chi connectivity index (χ1n) is 9.49. The van der Waals surface area contributed by atoms with Crippen molar-refractivity contribution in [1.29, 1.82) is 0 Å². The molecule has 1 atom stereocenters. The number of likely N-dealkylation sites (tertiary alicyclic amines) is 1. The Morgan fingerprint density at radius 1 is 1.12 bits per heavy atom. The molecular formula is C20H31N3O. The zero-order valence-corrected chi connectivity index (χ0v) is 15.1. The summed E-state index contributed by atoms with van der Waals surface area (Å²) in [6.45, 7) is 6.08. The normalized spacial score (nSPS) is 21.8. The lowest BCUT2D eigenvalue weighted by atomic mass is 10.0. The number of benzene rings is 1. The summed E-state index contributed by atoms with van der Waals surface area (Å²) >= 11 is 0. The van der Waals surface area contributed by atoms with E-state index in [1.165, 1.54) is 31.2 Å². The SMILES string of the molecule is Cc1cccc(NC(=O)[C@@H](C)N2CCC(NC3CCCC3)CC2)c1. The fourth-order valence-electron chi connectivity index (χ4n) is 4.01. The molecule has 1 aliphatic carbocycles. The highest BCUT2D eigenvalue weighted by atomic mass is 16.2. The molecule has 1 saturated carbocycles. The smallest absolute Gasteiger partial charge is 0.241 e. The molecular weight excluding hydrogens is 298 g/mol. The van der Waals surface area contributed by atoms with Crippen LogP contribution in [0.2, 0.25) is 0 Å². The van der Waals surface area contributed by atoms with Crippen molar-refractivity contribution in [2.24, 2.45) is 0 Å². The lowest BCUT2D eigenvalue weighted by molar-refractivity contribution is -0.121. The number of aryl methyl sites for hydroxylation is 1. The fourth-order valence-corrected chi connectivity index (χ4v) is 4.01. The lowest BCUT2D eigenvalue weighted by Gasteiger charge is -2.36. The van der Waals surface area contributed by atoms with Crippen molar-refractivity contribution >= 4 is 11.6 Å². The maximum absolute atomic E-state index is 12.5.